The summed E-state index contributed by atoms with van der Waals surface area (Å²) in [6.45, 7) is 7.47. The van der Waals surface area contributed by atoms with Crippen LogP contribution in [0.1, 0.15) is 31.4 Å². The minimum Gasteiger partial charge on any atom is -0.383 e. The third-order valence-electron chi connectivity index (χ3n) is 4.84. The predicted molar refractivity (Wildman–Crippen MR) is 125 cm³/mol. The van der Waals surface area contributed by atoms with Gasteiger partial charge >= 0.3 is 11.9 Å². The Hall–Kier alpha value is -3.83. The first-order valence-corrected chi connectivity index (χ1v) is 10.4. The monoisotopic (exact) mass is 480 g/mol. The maximum atomic E-state index is 12.9. The summed E-state index contributed by atoms with van der Waals surface area (Å²) in [5, 5.41) is 7.72. The fraction of sp³-hybridized carbons (Fsp3) is 0.364. The van der Waals surface area contributed by atoms with Gasteiger partial charge in [0.1, 0.15) is 11.5 Å². The molecule has 0 saturated carbocycles. The number of nitrogens with two attached hydrogens (primary N) is 1. The molecular formula is C22H27F3N6O3. The average molecular weight is 480 g/mol. The molecule has 1 amide bonds. The van der Waals surface area contributed by atoms with Crippen molar-refractivity contribution in [2.24, 2.45) is 5.10 Å². The minimum absolute atomic E-state index is 0.0471. The number of nitrogens with zero attached hydrogens (tertiary/aromatic N) is 4. The van der Waals surface area contributed by atoms with Crippen LogP contribution >= 0.6 is 0 Å². The molecule has 34 heavy (non-hydrogen) atoms. The van der Waals surface area contributed by atoms with Crippen molar-refractivity contribution >= 4 is 23.6 Å². The van der Waals surface area contributed by atoms with Gasteiger partial charge in [-0.15, -0.1) is 0 Å². The lowest BCUT2D eigenvalue weighted by molar-refractivity contribution is -0.137. The lowest BCUT2D eigenvalue weighted by Gasteiger charge is -2.16. The summed E-state index contributed by atoms with van der Waals surface area (Å²) in [6, 6.07) is 4.81. The van der Waals surface area contributed by atoms with Crippen molar-refractivity contribution in [3.63, 3.8) is 0 Å². The van der Waals surface area contributed by atoms with Crippen LogP contribution in [0.2, 0.25) is 0 Å². The molecule has 0 radical (unpaired) electrons. The van der Waals surface area contributed by atoms with E-state index in [1.54, 1.807) is 13.8 Å². The number of nitrogens with one attached hydrogen (secondary N) is 1. The van der Waals surface area contributed by atoms with Crippen molar-refractivity contribution in [3.8, 4) is 0 Å². The van der Waals surface area contributed by atoms with Gasteiger partial charge < -0.3 is 11.1 Å². The van der Waals surface area contributed by atoms with Gasteiger partial charge in [0, 0.05) is 20.1 Å². The van der Waals surface area contributed by atoms with Crippen LogP contribution in [-0.2, 0) is 30.6 Å². The Kier molecular flexibility index (Phi) is 8.44. The van der Waals surface area contributed by atoms with Crippen molar-refractivity contribution in [2.75, 3.05) is 18.1 Å². The number of hydrogen-bond acceptors (Lipinski definition) is 6. The number of hydrogen-bond donors (Lipinski definition) is 2. The maximum Gasteiger partial charge on any atom is 0.416 e. The molecule has 0 bridgehead atoms. The zero-order chi connectivity index (χ0) is 25.6. The van der Waals surface area contributed by atoms with Gasteiger partial charge in [-0.25, -0.2) is 4.79 Å². The molecule has 0 fully saturated rings. The molecule has 0 unspecified atom stereocenters. The molecule has 0 aliphatic rings. The normalized spacial score (nSPS) is 11.6. The van der Waals surface area contributed by atoms with Gasteiger partial charge in [-0.05, 0) is 31.0 Å². The number of halogens is 3. The molecular weight excluding hydrogens is 453 g/mol. The van der Waals surface area contributed by atoms with Crippen LogP contribution in [-0.4, -0.2) is 33.3 Å². The molecule has 1 aromatic carbocycles. The number of alkyl halides is 3. The predicted octanol–water partition coefficient (Wildman–Crippen LogP) is 2.65. The third kappa shape index (κ3) is 6.15. The number of benzene rings is 1. The zero-order valence-corrected chi connectivity index (χ0v) is 19.1. The van der Waals surface area contributed by atoms with Gasteiger partial charge in [0.2, 0.25) is 0 Å². The van der Waals surface area contributed by atoms with E-state index < -0.39 is 28.9 Å². The number of nitrogen functional groups attached to an aromatic ring is 1. The zero-order valence-electron chi connectivity index (χ0n) is 19.1. The van der Waals surface area contributed by atoms with Crippen LogP contribution in [0.25, 0.3) is 0 Å². The molecule has 0 saturated heterocycles. The van der Waals surface area contributed by atoms with E-state index >= 15 is 0 Å². The van der Waals surface area contributed by atoms with Gasteiger partial charge in [-0.3, -0.25) is 23.7 Å². The SMILES string of the molecule is C=C(/C=N\N(C)Cc1cccc(C(F)(F)F)c1)C(=O)Nc1c(N)n(CC)c(=O)n(CCC)c1=O. The van der Waals surface area contributed by atoms with Gasteiger partial charge in [0.15, 0.2) is 0 Å². The van der Waals surface area contributed by atoms with Crippen molar-refractivity contribution < 1.29 is 18.0 Å². The van der Waals surface area contributed by atoms with E-state index in [1.165, 1.54) is 28.8 Å². The van der Waals surface area contributed by atoms with E-state index in [4.69, 9.17) is 5.73 Å². The highest BCUT2D eigenvalue weighted by atomic mass is 19.4. The lowest BCUT2D eigenvalue weighted by atomic mass is 10.1. The molecule has 0 atom stereocenters. The van der Waals surface area contributed by atoms with Crippen molar-refractivity contribution in [1.82, 2.24) is 14.1 Å². The van der Waals surface area contributed by atoms with Gasteiger partial charge in [-0.1, -0.05) is 25.6 Å². The second-order valence-electron chi connectivity index (χ2n) is 7.48. The average Bonchev–Trinajstić information content (AvgIpc) is 2.77. The molecule has 184 valence electrons. The topological polar surface area (TPSA) is 115 Å². The van der Waals surface area contributed by atoms with Crippen LogP contribution in [0.15, 0.2) is 51.1 Å². The van der Waals surface area contributed by atoms with Gasteiger partial charge in [-0.2, -0.15) is 18.3 Å². The van der Waals surface area contributed by atoms with Crippen LogP contribution < -0.4 is 22.3 Å². The maximum absolute atomic E-state index is 12.9. The molecule has 9 nitrogen and oxygen atoms in total. The summed E-state index contributed by atoms with van der Waals surface area (Å²) >= 11 is 0. The van der Waals surface area contributed by atoms with Crippen LogP contribution in [0.3, 0.4) is 0 Å². The van der Waals surface area contributed by atoms with E-state index in [-0.39, 0.29) is 36.7 Å². The first kappa shape index (κ1) is 26.4. The van der Waals surface area contributed by atoms with Crippen LogP contribution in [0.4, 0.5) is 24.7 Å². The number of carbonyl (C=O) groups is 1. The fourth-order valence-corrected chi connectivity index (χ4v) is 3.13. The van der Waals surface area contributed by atoms with E-state index in [0.717, 1.165) is 22.9 Å². The summed E-state index contributed by atoms with van der Waals surface area (Å²) in [5.41, 5.74) is 3.87. The highest BCUT2D eigenvalue weighted by Crippen LogP contribution is 2.29. The minimum atomic E-state index is -4.46. The van der Waals surface area contributed by atoms with Crippen molar-refractivity contribution in [2.45, 2.75) is 46.1 Å². The van der Waals surface area contributed by atoms with Gasteiger partial charge in [0.25, 0.3) is 11.5 Å². The highest BCUT2D eigenvalue weighted by Gasteiger charge is 2.30. The Labute approximate surface area is 194 Å². The Morgan fingerprint density at radius 2 is 1.94 bits per heavy atom. The fourth-order valence-electron chi connectivity index (χ4n) is 3.13. The molecule has 12 heteroatoms. The lowest BCUT2D eigenvalue weighted by Crippen LogP contribution is -2.42. The standard InChI is InChI=1S/C22H27F3N6O3/c1-5-10-31-20(33)17(18(26)30(6-2)21(31)34)28-19(32)14(3)12-27-29(4)13-15-8-7-9-16(11-15)22(23,24)25/h7-9,11-12H,3,5-6,10,13,26H2,1-2,4H3,(H,28,32)/b27-12-. The second kappa shape index (κ2) is 10.9. The summed E-state index contributed by atoms with van der Waals surface area (Å²) in [6.07, 6.45) is -2.82. The largest absolute Gasteiger partial charge is 0.416 e. The first-order valence-electron chi connectivity index (χ1n) is 10.4. The number of anilines is 2. The quantitative estimate of drug-likeness (QED) is 0.325. The summed E-state index contributed by atoms with van der Waals surface area (Å²) in [5.74, 6) is -0.950. The summed E-state index contributed by atoms with van der Waals surface area (Å²) < 4.78 is 40.8. The first-order chi connectivity index (χ1) is 15.9. The second-order valence-corrected chi connectivity index (χ2v) is 7.48. The molecule has 1 heterocycles. The highest BCUT2D eigenvalue weighted by molar-refractivity contribution is 6.17. The summed E-state index contributed by atoms with van der Waals surface area (Å²) in [7, 11) is 1.51. The number of rotatable bonds is 9. The molecule has 2 aromatic rings. The number of amides is 1. The van der Waals surface area contributed by atoms with E-state index in [1.807, 2.05) is 0 Å². The molecule has 0 aliphatic carbocycles. The Bertz CT molecular complexity index is 1210. The molecule has 2 rings (SSSR count). The van der Waals surface area contributed by atoms with E-state index in [0.29, 0.717) is 12.0 Å². The van der Waals surface area contributed by atoms with Gasteiger partial charge in [0.05, 0.1) is 23.9 Å². The number of carbonyl (C=O) groups excluding carboxylic acids is 1. The van der Waals surface area contributed by atoms with E-state index in [9.17, 15) is 27.6 Å². The molecule has 3 N–H and O–H groups in total. The smallest absolute Gasteiger partial charge is 0.383 e. The van der Waals surface area contributed by atoms with Crippen LogP contribution in [0.5, 0.6) is 0 Å². The Morgan fingerprint density at radius 3 is 2.53 bits per heavy atom. The Balaban J connectivity index is 2.16. The Morgan fingerprint density at radius 1 is 1.26 bits per heavy atom. The molecule has 1 aromatic heterocycles. The van der Waals surface area contributed by atoms with Crippen LogP contribution in [0, 0.1) is 0 Å². The van der Waals surface area contributed by atoms with E-state index in [2.05, 4.69) is 17.0 Å². The van der Waals surface area contributed by atoms with Crippen molar-refractivity contribution in [3.05, 3.63) is 68.4 Å². The van der Waals surface area contributed by atoms with Crippen molar-refractivity contribution in [1.29, 1.82) is 0 Å². The summed E-state index contributed by atoms with van der Waals surface area (Å²) in [4.78, 5) is 37.7. The third-order valence-corrected chi connectivity index (χ3v) is 4.84. The number of aromatic nitrogens is 2. The number of hydrazone groups is 1. The molecule has 0 spiro atoms. The molecule has 0 aliphatic heterocycles.